The van der Waals surface area contributed by atoms with Gasteiger partial charge in [-0.25, -0.2) is 0 Å². The molecule has 0 saturated carbocycles. The van der Waals surface area contributed by atoms with Crippen molar-refractivity contribution in [3.63, 3.8) is 0 Å². The number of anilines is 1. The highest BCUT2D eigenvalue weighted by Gasteiger charge is 2.17. The Labute approximate surface area is 140 Å². The molecule has 122 valence electrons. The summed E-state index contributed by atoms with van der Waals surface area (Å²) in [7, 11) is 0. The van der Waals surface area contributed by atoms with Crippen molar-refractivity contribution in [2.75, 3.05) is 18.1 Å². The van der Waals surface area contributed by atoms with Crippen LogP contribution >= 0.6 is 0 Å². The standard InChI is InChI=1S/C18H17N3O3/c19-12-14-5-4-8-16(11-14)24-13-18(23)21(10-9-17(20)22)15-6-2-1-3-7-15/h1-8,11H,9-10,13H2,(H2,20,22). The molecule has 0 atom stereocenters. The fraction of sp³-hybridized carbons (Fsp3) is 0.167. The van der Waals surface area contributed by atoms with Crippen molar-refractivity contribution in [2.45, 2.75) is 6.42 Å². The summed E-state index contributed by atoms with van der Waals surface area (Å²) in [6.07, 6.45) is 0.0601. The summed E-state index contributed by atoms with van der Waals surface area (Å²) >= 11 is 0. The number of hydrogen-bond donors (Lipinski definition) is 1. The molecule has 2 aromatic carbocycles. The van der Waals surface area contributed by atoms with Crippen molar-refractivity contribution < 1.29 is 14.3 Å². The van der Waals surface area contributed by atoms with E-state index in [0.29, 0.717) is 17.0 Å². The molecule has 24 heavy (non-hydrogen) atoms. The fourth-order valence-electron chi connectivity index (χ4n) is 2.11. The van der Waals surface area contributed by atoms with Crippen LogP contribution in [-0.4, -0.2) is 25.0 Å². The Hall–Kier alpha value is -3.33. The molecule has 2 aromatic rings. The van der Waals surface area contributed by atoms with Crippen molar-refractivity contribution in [3.8, 4) is 11.8 Å². The van der Waals surface area contributed by atoms with Gasteiger partial charge in [0.05, 0.1) is 11.6 Å². The Morgan fingerprint density at radius 1 is 1.12 bits per heavy atom. The van der Waals surface area contributed by atoms with E-state index in [-0.39, 0.29) is 25.5 Å². The van der Waals surface area contributed by atoms with Gasteiger partial charge in [-0.15, -0.1) is 0 Å². The summed E-state index contributed by atoms with van der Waals surface area (Å²) in [6, 6.07) is 17.6. The average molecular weight is 323 g/mol. The Balaban J connectivity index is 2.07. The van der Waals surface area contributed by atoms with E-state index in [0.717, 1.165) is 0 Å². The zero-order valence-electron chi connectivity index (χ0n) is 13.0. The Morgan fingerprint density at radius 2 is 1.88 bits per heavy atom. The van der Waals surface area contributed by atoms with E-state index in [1.807, 2.05) is 12.1 Å². The van der Waals surface area contributed by atoms with Crippen molar-refractivity contribution in [1.82, 2.24) is 0 Å². The Kier molecular flexibility index (Phi) is 5.92. The number of nitrogens with two attached hydrogens (primary N) is 1. The molecule has 0 spiro atoms. The van der Waals surface area contributed by atoms with Crippen LogP contribution in [0.5, 0.6) is 5.75 Å². The van der Waals surface area contributed by atoms with Gasteiger partial charge in [-0.2, -0.15) is 5.26 Å². The number of primary amides is 1. The third-order valence-electron chi connectivity index (χ3n) is 3.28. The number of rotatable bonds is 7. The van der Waals surface area contributed by atoms with Crippen LogP contribution in [-0.2, 0) is 9.59 Å². The lowest BCUT2D eigenvalue weighted by atomic mass is 10.2. The highest BCUT2D eigenvalue weighted by molar-refractivity contribution is 5.95. The molecular formula is C18H17N3O3. The maximum atomic E-state index is 12.5. The predicted octanol–water partition coefficient (Wildman–Crippen LogP) is 1.85. The lowest BCUT2D eigenvalue weighted by Gasteiger charge is -2.22. The molecule has 0 radical (unpaired) electrons. The van der Waals surface area contributed by atoms with Crippen LogP contribution in [0.1, 0.15) is 12.0 Å². The zero-order chi connectivity index (χ0) is 17.4. The first-order valence-corrected chi connectivity index (χ1v) is 7.37. The van der Waals surface area contributed by atoms with Gasteiger partial charge in [-0.05, 0) is 30.3 Å². The summed E-state index contributed by atoms with van der Waals surface area (Å²) in [5.41, 5.74) is 6.29. The molecule has 0 unspecified atom stereocenters. The van der Waals surface area contributed by atoms with Gasteiger partial charge in [0.2, 0.25) is 5.91 Å². The molecule has 2 rings (SSSR count). The molecule has 2 N–H and O–H groups in total. The molecule has 0 aromatic heterocycles. The Bertz CT molecular complexity index is 754. The summed E-state index contributed by atoms with van der Waals surface area (Å²) in [4.78, 5) is 25.0. The van der Waals surface area contributed by atoms with Gasteiger partial charge < -0.3 is 15.4 Å². The molecule has 0 aliphatic rings. The number of ether oxygens (including phenoxy) is 1. The SMILES string of the molecule is N#Cc1cccc(OCC(=O)N(CCC(N)=O)c2ccccc2)c1. The largest absolute Gasteiger partial charge is 0.484 e. The van der Waals surface area contributed by atoms with Gasteiger partial charge >= 0.3 is 0 Å². The van der Waals surface area contributed by atoms with Crippen molar-refractivity contribution in [1.29, 1.82) is 5.26 Å². The minimum atomic E-state index is -0.480. The van der Waals surface area contributed by atoms with E-state index in [1.165, 1.54) is 4.90 Å². The smallest absolute Gasteiger partial charge is 0.264 e. The number of para-hydroxylation sites is 1. The average Bonchev–Trinajstić information content (AvgIpc) is 2.61. The van der Waals surface area contributed by atoms with Gasteiger partial charge in [0.15, 0.2) is 6.61 Å². The molecule has 0 heterocycles. The van der Waals surface area contributed by atoms with E-state index in [9.17, 15) is 9.59 Å². The van der Waals surface area contributed by atoms with Crippen LogP contribution in [0.2, 0.25) is 0 Å². The second-order valence-corrected chi connectivity index (χ2v) is 5.03. The predicted molar refractivity (Wildman–Crippen MR) is 89.3 cm³/mol. The van der Waals surface area contributed by atoms with Crippen LogP contribution in [0.4, 0.5) is 5.69 Å². The van der Waals surface area contributed by atoms with Gasteiger partial charge in [0.25, 0.3) is 5.91 Å². The first-order chi connectivity index (χ1) is 11.6. The molecular weight excluding hydrogens is 306 g/mol. The number of hydrogen-bond acceptors (Lipinski definition) is 4. The number of amides is 2. The molecule has 6 nitrogen and oxygen atoms in total. The lowest BCUT2D eigenvalue weighted by molar-refractivity contribution is -0.120. The van der Waals surface area contributed by atoms with Crippen molar-refractivity contribution in [3.05, 3.63) is 60.2 Å². The van der Waals surface area contributed by atoms with Gasteiger partial charge in [-0.1, -0.05) is 24.3 Å². The minimum absolute atomic E-state index is 0.0601. The monoisotopic (exact) mass is 323 g/mol. The van der Waals surface area contributed by atoms with E-state index in [1.54, 1.807) is 48.5 Å². The minimum Gasteiger partial charge on any atom is -0.484 e. The topological polar surface area (TPSA) is 96.4 Å². The van der Waals surface area contributed by atoms with Crippen molar-refractivity contribution >= 4 is 17.5 Å². The highest BCUT2D eigenvalue weighted by atomic mass is 16.5. The summed E-state index contributed by atoms with van der Waals surface area (Å²) in [6.45, 7) is -0.0255. The van der Waals surface area contributed by atoms with Crippen LogP contribution in [0.3, 0.4) is 0 Å². The van der Waals surface area contributed by atoms with E-state index < -0.39 is 5.91 Å². The van der Waals surface area contributed by atoms with Gasteiger partial charge in [0.1, 0.15) is 5.75 Å². The first kappa shape index (κ1) is 17.0. The van der Waals surface area contributed by atoms with Crippen LogP contribution in [0, 0.1) is 11.3 Å². The number of benzene rings is 2. The zero-order valence-corrected chi connectivity index (χ0v) is 13.0. The summed E-state index contributed by atoms with van der Waals surface area (Å²) in [5.74, 6) is -0.346. The molecule has 0 saturated heterocycles. The first-order valence-electron chi connectivity index (χ1n) is 7.37. The summed E-state index contributed by atoms with van der Waals surface area (Å²) in [5, 5.41) is 8.87. The molecule has 6 heteroatoms. The van der Waals surface area contributed by atoms with Crippen LogP contribution < -0.4 is 15.4 Å². The molecule has 2 amide bonds. The van der Waals surface area contributed by atoms with Crippen molar-refractivity contribution in [2.24, 2.45) is 5.73 Å². The highest BCUT2D eigenvalue weighted by Crippen LogP contribution is 2.16. The summed E-state index contributed by atoms with van der Waals surface area (Å²) < 4.78 is 5.46. The van der Waals surface area contributed by atoms with Gasteiger partial charge in [0, 0.05) is 18.7 Å². The van der Waals surface area contributed by atoms with Crippen LogP contribution in [0.25, 0.3) is 0 Å². The number of carbonyl (C=O) groups is 2. The molecule has 0 bridgehead atoms. The second-order valence-electron chi connectivity index (χ2n) is 5.03. The third kappa shape index (κ3) is 4.85. The number of nitriles is 1. The van der Waals surface area contributed by atoms with E-state index in [2.05, 4.69) is 0 Å². The normalized spacial score (nSPS) is 9.79. The second kappa shape index (κ2) is 8.34. The Morgan fingerprint density at radius 3 is 2.54 bits per heavy atom. The van der Waals surface area contributed by atoms with E-state index >= 15 is 0 Å². The molecule has 0 aliphatic heterocycles. The fourth-order valence-corrected chi connectivity index (χ4v) is 2.11. The molecule has 0 aliphatic carbocycles. The maximum Gasteiger partial charge on any atom is 0.264 e. The lowest BCUT2D eigenvalue weighted by Crippen LogP contribution is -2.37. The van der Waals surface area contributed by atoms with Gasteiger partial charge in [-0.3, -0.25) is 9.59 Å². The third-order valence-corrected chi connectivity index (χ3v) is 3.28. The van der Waals surface area contributed by atoms with E-state index in [4.69, 9.17) is 15.7 Å². The molecule has 0 fully saturated rings. The number of nitrogens with zero attached hydrogens (tertiary/aromatic N) is 2. The quantitative estimate of drug-likeness (QED) is 0.841. The number of carbonyl (C=O) groups excluding carboxylic acids is 2. The maximum absolute atomic E-state index is 12.5. The van der Waals surface area contributed by atoms with Crippen LogP contribution in [0.15, 0.2) is 54.6 Å².